The van der Waals surface area contributed by atoms with E-state index in [1.807, 2.05) is 43.3 Å². The largest absolute Gasteiger partial charge is 0.318 e. The number of hydrogen-bond donors (Lipinski definition) is 1. The molecule has 0 aliphatic rings. The van der Waals surface area contributed by atoms with Gasteiger partial charge in [0.1, 0.15) is 0 Å². The lowest BCUT2D eigenvalue weighted by Gasteiger charge is -2.07. The number of fused-ring (bicyclic) bond motifs is 1. The zero-order chi connectivity index (χ0) is 23.2. The lowest BCUT2D eigenvalue weighted by Crippen LogP contribution is -2.13. The number of nitrogens with one attached hydrogen (secondary N) is 1. The third-order valence-electron chi connectivity index (χ3n) is 4.82. The molecule has 0 saturated carbocycles. The Labute approximate surface area is 192 Å². The van der Waals surface area contributed by atoms with Crippen LogP contribution in [0.1, 0.15) is 16.2 Å². The molecule has 0 unspecified atom stereocenters. The number of carbonyl (C=O) groups excluding carboxylic acids is 1. The summed E-state index contributed by atoms with van der Waals surface area (Å²) in [4.78, 5) is 21.8. The van der Waals surface area contributed by atoms with E-state index in [1.165, 1.54) is 23.7 Å². The quantitative estimate of drug-likeness (QED) is 0.411. The van der Waals surface area contributed by atoms with Crippen LogP contribution >= 0.6 is 11.3 Å². The van der Waals surface area contributed by atoms with Crippen molar-refractivity contribution in [3.8, 4) is 17.1 Å². The van der Waals surface area contributed by atoms with E-state index >= 15 is 0 Å². The van der Waals surface area contributed by atoms with Crippen molar-refractivity contribution in [1.82, 2.24) is 28.9 Å². The van der Waals surface area contributed by atoms with Crippen LogP contribution in [-0.4, -0.2) is 49.5 Å². The van der Waals surface area contributed by atoms with E-state index in [0.717, 1.165) is 31.8 Å². The number of benzene rings is 1. The van der Waals surface area contributed by atoms with Crippen molar-refractivity contribution >= 4 is 43.2 Å². The first kappa shape index (κ1) is 21.0. The Hall–Kier alpha value is -3.90. The molecule has 0 saturated heterocycles. The first-order valence-electron chi connectivity index (χ1n) is 9.72. The normalized spacial score (nSPS) is 11.7. The Morgan fingerprint density at radius 2 is 2.00 bits per heavy atom. The molecular weight excluding hydrogens is 462 g/mol. The fraction of sp³-hybridized carbons (Fsp3) is 0.0952. The average Bonchev–Trinajstić information content (AvgIpc) is 3.51. The number of nitrogens with zero attached hydrogens (tertiary/aromatic N) is 6. The summed E-state index contributed by atoms with van der Waals surface area (Å²) in [5.74, 6) is 0.0629. The Bertz CT molecular complexity index is 1620. The summed E-state index contributed by atoms with van der Waals surface area (Å²) in [6, 6.07) is 13.1. The first-order chi connectivity index (χ1) is 15.8. The third-order valence-corrected chi connectivity index (χ3v) is 6.49. The molecule has 4 heterocycles. The van der Waals surface area contributed by atoms with Crippen LogP contribution in [0, 0.1) is 6.92 Å². The number of thiazole rings is 1. The SMILES string of the molecule is Cc1cccc(-n2nc(C(=O)Nc3cnn(S(C)(=O)=O)c3)cc2-c2ccc3ncsc3c2)n1. The molecule has 0 radical (unpaired) electrons. The number of pyridine rings is 1. The van der Waals surface area contributed by atoms with Crippen molar-refractivity contribution < 1.29 is 13.2 Å². The Morgan fingerprint density at radius 3 is 2.76 bits per heavy atom. The Morgan fingerprint density at radius 1 is 1.15 bits per heavy atom. The van der Waals surface area contributed by atoms with Crippen LogP contribution in [0.15, 0.2) is 60.4 Å². The van der Waals surface area contributed by atoms with Gasteiger partial charge in [-0.05, 0) is 37.3 Å². The van der Waals surface area contributed by atoms with E-state index < -0.39 is 15.9 Å². The molecule has 1 N–H and O–H groups in total. The average molecular weight is 480 g/mol. The van der Waals surface area contributed by atoms with Crippen LogP contribution < -0.4 is 5.32 Å². The van der Waals surface area contributed by atoms with Crippen molar-refractivity contribution in [3.05, 3.63) is 71.8 Å². The monoisotopic (exact) mass is 479 g/mol. The minimum atomic E-state index is -3.55. The summed E-state index contributed by atoms with van der Waals surface area (Å²) < 4.78 is 26.7. The highest BCUT2D eigenvalue weighted by Crippen LogP contribution is 2.28. The van der Waals surface area contributed by atoms with E-state index in [9.17, 15) is 13.2 Å². The molecule has 0 spiro atoms. The van der Waals surface area contributed by atoms with Crippen LogP contribution in [0.2, 0.25) is 0 Å². The number of aryl methyl sites for hydroxylation is 1. The molecule has 1 aromatic carbocycles. The Kier molecular flexibility index (Phi) is 5.02. The van der Waals surface area contributed by atoms with Gasteiger partial charge in [0.15, 0.2) is 11.5 Å². The number of carbonyl (C=O) groups is 1. The summed E-state index contributed by atoms with van der Waals surface area (Å²) in [6.07, 6.45) is 3.51. The van der Waals surface area contributed by atoms with Gasteiger partial charge in [-0.15, -0.1) is 11.3 Å². The van der Waals surface area contributed by atoms with Crippen molar-refractivity contribution in [2.45, 2.75) is 6.92 Å². The number of aromatic nitrogens is 6. The number of anilines is 1. The van der Waals surface area contributed by atoms with E-state index in [4.69, 9.17) is 0 Å². The van der Waals surface area contributed by atoms with Gasteiger partial charge in [-0.1, -0.05) is 12.1 Å². The van der Waals surface area contributed by atoms with Crippen molar-refractivity contribution in [2.24, 2.45) is 0 Å². The molecule has 33 heavy (non-hydrogen) atoms. The fourth-order valence-corrected chi connectivity index (χ4v) is 4.52. The van der Waals surface area contributed by atoms with Crippen LogP contribution in [0.5, 0.6) is 0 Å². The maximum Gasteiger partial charge on any atom is 0.276 e. The molecule has 5 rings (SSSR count). The van der Waals surface area contributed by atoms with Crippen molar-refractivity contribution in [3.63, 3.8) is 0 Å². The van der Waals surface area contributed by atoms with Crippen LogP contribution in [0.25, 0.3) is 27.3 Å². The van der Waals surface area contributed by atoms with E-state index in [1.54, 1.807) is 16.3 Å². The summed E-state index contributed by atoms with van der Waals surface area (Å²) in [7, 11) is -3.55. The van der Waals surface area contributed by atoms with Gasteiger partial charge in [0.05, 0.1) is 45.8 Å². The van der Waals surface area contributed by atoms with Crippen LogP contribution in [-0.2, 0) is 10.0 Å². The zero-order valence-electron chi connectivity index (χ0n) is 17.5. The molecule has 0 atom stereocenters. The molecule has 4 aromatic heterocycles. The number of hydrogen-bond acceptors (Lipinski definition) is 8. The van der Waals surface area contributed by atoms with Gasteiger partial charge in [0, 0.05) is 11.3 Å². The molecule has 5 aromatic rings. The standard InChI is InChI=1S/C21H17N7O3S2/c1-13-4-3-5-20(24-13)28-18(14-6-7-16-19(8-14)32-12-22-16)9-17(26-28)21(29)25-15-10-23-27(11-15)33(2,30)31/h3-12H,1-2H3,(H,25,29). The van der Waals surface area contributed by atoms with Gasteiger partial charge in [0.25, 0.3) is 15.9 Å². The van der Waals surface area contributed by atoms with Gasteiger partial charge >= 0.3 is 0 Å². The van der Waals surface area contributed by atoms with E-state index in [-0.39, 0.29) is 11.4 Å². The van der Waals surface area contributed by atoms with Gasteiger partial charge in [0.2, 0.25) is 0 Å². The second-order valence-corrected chi connectivity index (χ2v) is 10.0. The van der Waals surface area contributed by atoms with Gasteiger partial charge in [-0.3, -0.25) is 4.79 Å². The van der Waals surface area contributed by atoms with Crippen LogP contribution in [0.3, 0.4) is 0 Å². The van der Waals surface area contributed by atoms with Crippen LogP contribution in [0.4, 0.5) is 5.69 Å². The van der Waals surface area contributed by atoms with Gasteiger partial charge in [-0.25, -0.2) is 23.1 Å². The molecule has 12 heteroatoms. The number of rotatable bonds is 5. The lowest BCUT2D eigenvalue weighted by atomic mass is 10.1. The summed E-state index contributed by atoms with van der Waals surface area (Å²) >= 11 is 1.53. The number of amides is 1. The fourth-order valence-electron chi connectivity index (χ4n) is 3.28. The molecular formula is C21H17N7O3S2. The lowest BCUT2D eigenvalue weighted by molar-refractivity contribution is 0.102. The maximum atomic E-state index is 12.9. The highest BCUT2D eigenvalue weighted by atomic mass is 32.2. The second kappa shape index (κ2) is 7.90. The molecule has 0 aliphatic carbocycles. The van der Waals surface area contributed by atoms with E-state index in [2.05, 4.69) is 25.5 Å². The van der Waals surface area contributed by atoms with E-state index in [0.29, 0.717) is 11.5 Å². The van der Waals surface area contributed by atoms with Gasteiger partial charge < -0.3 is 5.32 Å². The molecule has 1 amide bonds. The maximum absolute atomic E-state index is 12.9. The molecule has 10 nitrogen and oxygen atoms in total. The zero-order valence-corrected chi connectivity index (χ0v) is 19.1. The molecule has 166 valence electrons. The van der Waals surface area contributed by atoms with Crippen molar-refractivity contribution in [2.75, 3.05) is 11.6 Å². The Balaban J connectivity index is 1.56. The predicted octanol–water partition coefficient (Wildman–Crippen LogP) is 3.11. The minimum Gasteiger partial charge on any atom is -0.318 e. The molecule has 0 fully saturated rings. The van der Waals surface area contributed by atoms with Gasteiger partial charge in [-0.2, -0.15) is 14.3 Å². The topological polar surface area (TPSA) is 125 Å². The second-order valence-electron chi connectivity index (χ2n) is 7.32. The smallest absolute Gasteiger partial charge is 0.276 e. The summed E-state index contributed by atoms with van der Waals surface area (Å²) in [5, 5.41) is 10.9. The highest BCUT2D eigenvalue weighted by molar-refractivity contribution is 7.89. The molecule has 0 bridgehead atoms. The highest BCUT2D eigenvalue weighted by Gasteiger charge is 2.19. The molecule has 0 aliphatic heterocycles. The minimum absolute atomic E-state index is 0.143. The summed E-state index contributed by atoms with van der Waals surface area (Å²) in [5.41, 5.74) is 5.40. The first-order valence-corrected chi connectivity index (χ1v) is 12.4. The summed E-state index contributed by atoms with van der Waals surface area (Å²) in [6.45, 7) is 1.88. The third kappa shape index (κ3) is 4.13. The predicted molar refractivity (Wildman–Crippen MR) is 125 cm³/mol. The van der Waals surface area contributed by atoms with Crippen molar-refractivity contribution in [1.29, 1.82) is 0 Å².